The van der Waals surface area contributed by atoms with Crippen molar-refractivity contribution in [3.63, 3.8) is 0 Å². The molecule has 0 heterocycles. The van der Waals surface area contributed by atoms with Crippen LogP contribution in [0, 0.1) is 0 Å². The minimum absolute atomic E-state index is 0.539. The highest BCUT2D eigenvalue weighted by atomic mass is 16.5. The van der Waals surface area contributed by atoms with Gasteiger partial charge >= 0.3 is 11.9 Å². The first-order chi connectivity index (χ1) is 11.4. The van der Waals surface area contributed by atoms with Gasteiger partial charge in [0, 0.05) is 6.54 Å². The molecule has 0 aliphatic carbocycles. The van der Waals surface area contributed by atoms with E-state index in [4.69, 9.17) is 34.0 Å². The molecule has 0 aliphatic heterocycles. The smallest absolute Gasteiger partial charge is 0.414 e. The molecule has 0 fully saturated rings. The van der Waals surface area contributed by atoms with Gasteiger partial charge in [-0.05, 0) is 33.2 Å². The molecule has 1 aromatic carbocycles. The average molecular weight is 343 g/mol. The number of carboxylic acids is 2. The van der Waals surface area contributed by atoms with Crippen LogP contribution in [0.2, 0.25) is 0 Å². The second-order valence-electron chi connectivity index (χ2n) is 4.75. The van der Waals surface area contributed by atoms with Crippen LogP contribution < -0.4 is 9.47 Å². The van der Waals surface area contributed by atoms with Gasteiger partial charge in [-0.15, -0.1) is 0 Å². The van der Waals surface area contributed by atoms with Gasteiger partial charge in [-0.1, -0.05) is 12.1 Å². The summed E-state index contributed by atoms with van der Waals surface area (Å²) in [5.74, 6) is -2.09. The van der Waals surface area contributed by atoms with Gasteiger partial charge in [-0.3, -0.25) is 0 Å². The normalized spacial score (nSPS) is 9.83. The third-order valence-electron chi connectivity index (χ3n) is 2.50. The van der Waals surface area contributed by atoms with Crippen LogP contribution in [0.1, 0.15) is 6.92 Å². The molecule has 0 saturated heterocycles. The van der Waals surface area contributed by atoms with Crippen molar-refractivity contribution in [2.45, 2.75) is 6.92 Å². The fraction of sp³-hybridized carbons (Fsp3) is 0.500. The van der Waals surface area contributed by atoms with E-state index in [2.05, 4.69) is 4.90 Å². The van der Waals surface area contributed by atoms with Gasteiger partial charge in [0.2, 0.25) is 0 Å². The number of hydrogen-bond acceptors (Lipinski definition) is 6. The minimum Gasteiger partial charge on any atom is -0.490 e. The zero-order valence-electron chi connectivity index (χ0n) is 14.2. The second kappa shape index (κ2) is 13.1. The van der Waals surface area contributed by atoms with Crippen LogP contribution in [0.25, 0.3) is 0 Å². The molecule has 0 unspecified atom stereocenters. The van der Waals surface area contributed by atoms with Crippen LogP contribution in [-0.2, 0) is 14.3 Å². The number of para-hydroxylation sites is 2. The van der Waals surface area contributed by atoms with E-state index in [0.29, 0.717) is 19.8 Å². The first-order valence-corrected chi connectivity index (χ1v) is 7.41. The van der Waals surface area contributed by atoms with E-state index < -0.39 is 11.9 Å². The van der Waals surface area contributed by atoms with E-state index in [1.807, 2.05) is 45.3 Å². The van der Waals surface area contributed by atoms with Gasteiger partial charge in [0.25, 0.3) is 0 Å². The van der Waals surface area contributed by atoms with E-state index in [1.54, 1.807) is 0 Å². The monoisotopic (exact) mass is 343 g/mol. The van der Waals surface area contributed by atoms with Crippen LogP contribution in [0.15, 0.2) is 24.3 Å². The largest absolute Gasteiger partial charge is 0.490 e. The van der Waals surface area contributed by atoms with Crippen molar-refractivity contribution in [3.8, 4) is 11.5 Å². The maximum Gasteiger partial charge on any atom is 0.414 e. The molecule has 0 radical (unpaired) electrons. The Kier molecular flexibility index (Phi) is 11.9. The Morgan fingerprint density at radius 1 is 0.958 bits per heavy atom. The maximum atomic E-state index is 9.10. The van der Waals surface area contributed by atoms with Crippen LogP contribution in [0.3, 0.4) is 0 Å². The number of nitrogens with zero attached hydrogens (tertiary/aromatic N) is 1. The number of ether oxygens (including phenoxy) is 3. The summed E-state index contributed by atoms with van der Waals surface area (Å²) in [5.41, 5.74) is 0. The topological polar surface area (TPSA) is 106 Å². The average Bonchev–Trinajstić information content (AvgIpc) is 2.52. The van der Waals surface area contributed by atoms with Crippen molar-refractivity contribution in [2.24, 2.45) is 0 Å². The van der Waals surface area contributed by atoms with E-state index in [0.717, 1.165) is 24.7 Å². The quantitative estimate of drug-likeness (QED) is 0.509. The number of benzene rings is 1. The molecule has 8 nitrogen and oxygen atoms in total. The fourth-order valence-corrected chi connectivity index (χ4v) is 1.40. The van der Waals surface area contributed by atoms with Crippen LogP contribution in [0.5, 0.6) is 11.5 Å². The van der Waals surface area contributed by atoms with Gasteiger partial charge < -0.3 is 29.3 Å². The molecule has 0 saturated carbocycles. The van der Waals surface area contributed by atoms with Gasteiger partial charge in [0.1, 0.15) is 6.61 Å². The second-order valence-corrected chi connectivity index (χ2v) is 4.75. The van der Waals surface area contributed by atoms with Gasteiger partial charge in [-0.25, -0.2) is 9.59 Å². The number of hydrogen-bond donors (Lipinski definition) is 2. The predicted molar refractivity (Wildman–Crippen MR) is 87.8 cm³/mol. The Balaban J connectivity index is 0.000000754. The van der Waals surface area contributed by atoms with Gasteiger partial charge in [0.05, 0.1) is 19.8 Å². The van der Waals surface area contributed by atoms with E-state index in [9.17, 15) is 0 Å². The van der Waals surface area contributed by atoms with E-state index in [1.165, 1.54) is 0 Å². The van der Waals surface area contributed by atoms with Crippen LogP contribution >= 0.6 is 0 Å². The molecule has 2 N–H and O–H groups in total. The lowest BCUT2D eigenvalue weighted by molar-refractivity contribution is -0.159. The molecule has 136 valence electrons. The molecular weight excluding hydrogens is 318 g/mol. The lowest BCUT2D eigenvalue weighted by Gasteiger charge is -2.12. The maximum absolute atomic E-state index is 9.10. The van der Waals surface area contributed by atoms with Crippen molar-refractivity contribution in [1.82, 2.24) is 4.90 Å². The molecule has 0 bridgehead atoms. The summed E-state index contributed by atoms with van der Waals surface area (Å²) in [7, 11) is 4.05. The molecule has 0 aliphatic rings. The zero-order chi connectivity index (χ0) is 18.4. The molecular formula is C16H25NO7. The highest BCUT2D eigenvalue weighted by Crippen LogP contribution is 2.26. The number of aliphatic carboxylic acids is 2. The zero-order valence-corrected chi connectivity index (χ0v) is 14.2. The summed E-state index contributed by atoms with van der Waals surface area (Å²) in [6.45, 7) is 5.38. The van der Waals surface area contributed by atoms with Crippen molar-refractivity contribution in [3.05, 3.63) is 24.3 Å². The third kappa shape index (κ3) is 11.3. The standard InChI is InChI=1S/C14H23NO3.C2H2O4/c1-4-17-13-7-5-6-8-14(13)18-12-11-16-10-9-15(2)3;3-1(4)2(5)6/h5-8H,4,9-12H2,1-3H3;(H,3,4)(H,5,6). The Labute approximate surface area is 141 Å². The molecule has 1 aromatic rings. The molecule has 24 heavy (non-hydrogen) atoms. The fourth-order valence-electron chi connectivity index (χ4n) is 1.40. The van der Waals surface area contributed by atoms with Crippen LogP contribution in [-0.4, -0.2) is 74.1 Å². The SMILES string of the molecule is CCOc1ccccc1OCCOCCN(C)C.O=C(O)C(=O)O. The Bertz CT molecular complexity index is 479. The first-order valence-electron chi connectivity index (χ1n) is 7.41. The molecule has 0 amide bonds. The summed E-state index contributed by atoms with van der Waals surface area (Å²) in [4.78, 5) is 20.3. The summed E-state index contributed by atoms with van der Waals surface area (Å²) in [6.07, 6.45) is 0. The van der Waals surface area contributed by atoms with Gasteiger partial charge in [-0.2, -0.15) is 0 Å². The summed E-state index contributed by atoms with van der Waals surface area (Å²) in [5, 5.41) is 14.8. The molecule has 8 heteroatoms. The third-order valence-corrected chi connectivity index (χ3v) is 2.50. The molecule has 1 rings (SSSR count). The number of rotatable bonds is 9. The molecule has 0 atom stereocenters. The lowest BCUT2D eigenvalue weighted by Crippen LogP contribution is -2.19. The molecule has 0 spiro atoms. The van der Waals surface area contributed by atoms with Gasteiger partial charge in [0.15, 0.2) is 11.5 Å². The number of carbonyl (C=O) groups is 2. The first kappa shape index (κ1) is 21.7. The Hall–Kier alpha value is -2.32. The van der Waals surface area contributed by atoms with E-state index >= 15 is 0 Å². The molecule has 0 aromatic heterocycles. The van der Waals surface area contributed by atoms with E-state index in [-0.39, 0.29) is 0 Å². The highest BCUT2D eigenvalue weighted by Gasteiger charge is 2.04. The Morgan fingerprint density at radius 3 is 1.96 bits per heavy atom. The summed E-state index contributed by atoms with van der Waals surface area (Å²) in [6, 6.07) is 7.69. The minimum atomic E-state index is -1.82. The van der Waals surface area contributed by atoms with Crippen molar-refractivity contribution in [1.29, 1.82) is 0 Å². The van der Waals surface area contributed by atoms with Crippen molar-refractivity contribution < 1.29 is 34.0 Å². The summed E-state index contributed by atoms with van der Waals surface area (Å²) >= 11 is 0. The highest BCUT2D eigenvalue weighted by molar-refractivity contribution is 6.27. The predicted octanol–water partition coefficient (Wildman–Crippen LogP) is 1.20. The van der Waals surface area contributed by atoms with Crippen molar-refractivity contribution in [2.75, 3.05) is 47.1 Å². The van der Waals surface area contributed by atoms with Crippen molar-refractivity contribution >= 4 is 11.9 Å². The number of carboxylic acid groups (broad SMARTS) is 2. The van der Waals surface area contributed by atoms with Crippen LogP contribution in [0.4, 0.5) is 0 Å². The summed E-state index contributed by atoms with van der Waals surface area (Å²) < 4.78 is 16.6. The number of likely N-dealkylation sites (N-methyl/N-ethyl adjacent to an activating group) is 1. The Morgan fingerprint density at radius 2 is 1.50 bits per heavy atom. The lowest BCUT2D eigenvalue weighted by atomic mass is 10.3.